The van der Waals surface area contributed by atoms with Crippen molar-refractivity contribution in [3.05, 3.63) is 168 Å². The molecule has 3 atom stereocenters. The lowest BCUT2D eigenvalue weighted by Gasteiger charge is -2.39. The van der Waals surface area contributed by atoms with Crippen LogP contribution in [0.25, 0.3) is 76.9 Å². The third-order valence-corrected chi connectivity index (χ3v) is 10.4. The van der Waals surface area contributed by atoms with Crippen LogP contribution in [0.4, 0.5) is 0 Å². The zero-order chi connectivity index (χ0) is 33.5. The summed E-state index contributed by atoms with van der Waals surface area (Å²) < 4.78 is 19.0. The van der Waals surface area contributed by atoms with Gasteiger partial charge >= 0.3 is 0 Å². The summed E-state index contributed by atoms with van der Waals surface area (Å²) in [4.78, 5) is 0. The molecule has 11 rings (SSSR count). The molecule has 1 aliphatic rings. The van der Waals surface area contributed by atoms with Crippen LogP contribution < -0.4 is 16.0 Å². The van der Waals surface area contributed by atoms with Crippen LogP contribution in [0.15, 0.2) is 165 Å². The lowest BCUT2D eigenvalue weighted by atomic mass is 10.00. The monoisotopic (exact) mass is 661 g/mol. The fourth-order valence-corrected chi connectivity index (χ4v) is 7.91. The van der Waals surface area contributed by atoms with E-state index in [4.69, 9.17) is 13.3 Å². The van der Waals surface area contributed by atoms with E-state index in [9.17, 15) is 0 Å². The molecule has 6 heteroatoms. The van der Waals surface area contributed by atoms with Gasteiger partial charge in [-0.2, -0.15) is 0 Å². The highest BCUT2D eigenvalue weighted by molar-refractivity contribution is 6.09. The van der Waals surface area contributed by atoms with Crippen LogP contribution in [0.3, 0.4) is 0 Å². The SMILES string of the molecule is c1ccc(C2NC(c3ccc4oc5ccccc5c4c3)NC(c3cccc4c3oc3cc(-c5ccc6oc7ccccc7c6c5)ccc34)N2)cc1. The van der Waals surface area contributed by atoms with Gasteiger partial charge in [0.05, 0.1) is 18.5 Å². The van der Waals surface area contributed by atoms with Gasteiger partial charge in [0, 0.05) is 37.9 Å². The van der Waals surface area contributed by atoms with E-state index >= 15 is 0 Å². The van der Waals surface area contributed by atoms with Crippen molar-refractivity contribution >= 4 is 65.8 Å². The second kappa shape index (κ2) is 11.2. The van der Waals surface area contributed by atoms with E-state index < -0.39 is 0 Å². The fourth-order valence-electron chi connectivity index (χ4n) is 7.91. The molecule has 3 aromatic heterocycles. The van der Waals surface area contributed by atoms with E-state index in [1.165, 1.54) is 0 Å². The quantitative estimate of drug-likeness (QED) is 0.174. The lowest BCUT2D eigenvalue weighted by molar-refractivity contribution is 0.203. The molecule has 3 N–H and O–H groups in total. The van der Waals surface area contributed by atoms with Gasteiger partial charge in [-0.3, -0.25) is 16.0 Å². The first-order valence-electron chi connectivity index (χ1n) is 17.3. The van der Waals surface area contributed by atoms with Gasteiger partial charge in [0.1, 0.15) is 33.5 Å². The number of hydrogen-bond acceptors (Lipinski definition) is 6. The third kappa shape index (κ3) is 4.62. The largest absolute Gasteiger partial charge is 0.456 e. The molecule has 0 saturated carbocycles. The molecule has 3 unspecified atom stereocenters. The molecule has 0 bridgehead atoms. The Hall–Kier alpha value is -6.18. The summed E-state index contributed by atoms with van der Waals surface area (Å²) in [6, 6.07) is 52.8. The maximum absolute atomic E-state index is 6.79. The smallest absolute Gasteiger partial charge is 0.141 e. The highest BCUT2D eigenvalue weighted by Crippen LogP contribution is 2.39. The van der Waals surface area contributed by atoms with Gasteiger partial charge in [-0.15, -0.1) is 0 Å². The summed E-state index contributed by atoms with van der Waals surface area (Å²) in [5, 5.41) is 18.2. The van der Waals surface area contributed by atoms with Crippen LogP contribution in [0.5, 0.6) is 0 Å². The molecule has 0 radical (unpaired) electrons. The van der Waals surface area contributed by atoms with Crippen LogP contribution in [-0.4, -0.2) is 0 Å². The third-order valence-electron chi connectivity index (χ3n) is 10.4. The number of hydrogen-bond donors (Lipinski definition) is 3. The van der Waals surface area contributed by atoms with Gasteiger partial charge in [-0.05, 0) is 70.8 Å². The highest BCUT2D eigenvalue weighted by Gasteiger charge is 2.31. The summed E-state index contributed by atoms with van der Waals surface area (Å²) in [6.45, 7) is 0. The van der Waals surface area contributed by atoms with Crippen molar-refractivity contribution in [3.63, 3.8) is 0 Å². The molecular formula is C45H31N3O3. The number of furan rings is 3. The van der Waals surface area contributed by atoms with Crippen molar-refractivity contribution in [2.45, 2.75) is 18.5 Å². The molecule has 1 saturated heterocycles. The Labute approximate surface area is 292 Å². The van der Waals surface area contributed by atoms with Gasteiger partial charge in [0.25, 0.3) is 0 Å². The molecule has 0 aliphatic carbocycles. The van der Waals surface area contributed by atoms with Crippen molar-refractivity contribution in [1.82, 2.24) is 16.0 Å². The minimum atomic E-state index is -0.209. The Morgan fingerprint density at radius 3 is 1.69 bits per heavy atom. The molecule has 1 aliphatic heterocycles. The highest BCUT2D eigenvalue weighted by atomic mass is 16.3. The molecule has 6 nitrogen and oxygen atoms in total. The van der Waals surface area contributed by atoms with Crippen molar-refractivity contribution in [3.8, 4) is 11.1 Å². The average molecular weight is 662 g/mol. The average Bonchev–Trinajstić information content (AvgIpc) is 3.88. The van der Waals surface area contributed by atoms with Gasteiger partial charge in [0.15, 0.2) is 0 Å². The second-order valence-electron chi connectivity index (χ2n) is 13.4. The molecule has 244 valence electrons. The maximum atomic E-state index is 6.79. The zero-order valence-corrected chi connectivity index (χ0v) is 27.4. The van der Waals surface area contributed by atoms with Gasteiger partial charge < -0.3 is 13.3 Å². The summed E-state index contributed by atoms with van der Waals surface area (Å²) in [6.07, 6.45) is -0.474. The zero-order valence-electron chi connectivity index (χ0n) is 27.4. The van der Waals surface area contributed by atoms with E-state index in [1.54, 1.807) is 0 Å². The molecule has 51 heavy (non-hydrogen) atoms. The van der Waals surface area contributed by atoms with Gasteiger partial charge in [-0.1, -0.05) is 103 Å². The number of rotatable bonds is 4. The van der Waals surface area contributed by atoms with Crippen molar-refractivity contribution < 1.29 is 13.3 Å². The molecule has 10 aromatic rings. The first-order valence-corrected chi connectivity index (χ1v) is 17.3. The minimum Gasteiger partial charge on any atom is -0.456 e. The Morgan fingerprint density at radius 2 is 0.902 bits per heavy atom. The Morgan fingerprint density at radius 1 is 0.333 bits per heavy atom. The predicted molar refractivity (Wildman–Crippen MR) is 204 cm³/mol. The number of benzene rings is 7. The molecule has 1 fully saturated rings. The molecule has 0 spiro atoms. The molecule has 4 heterocycles. The van der Waals surface area contributed by atoms with Gasteiger partial charge in [-0.25, -0.2) is 0 Å². The minimum absolute atomic E-state index is 0.112. The fraction of sp³-hybridized carbons (Fsp3) is 0.0667. The van der Waals surface area contributed by atoms with Crippen molar-refractivity contribution in [2.75, 3.05) is 0 Å². The summed E-state index contributed by atoms with van der Waals surface area (Å²) in [7, 11) is 0. The normalized spacial score (nSPS) is 18.2. The first-order chi connectivity index (χ1) is 25.2. The number of nitrogens with one attached hydrogen (secondary N) is 3. The number of fused-ring (bicyclic) bond motifs is 9. The summed E-state index contributed by atoms with van der Waals surface area (Å²) >= 11 is 0. The van der Waals surface area contributed by atoms with Crippen LogP contribution in [0.2, 0.25) is 0 Å². The Balaban J connectivity index is 1.00. The standard InChI is InChI=1S/C45H31N3O3/c1-2-9-26(10-3-1)43-46-44(29-19-22-40-36(24-29)31-12-5-7-16-38(31)50-40)48-45(47-43)34-14-8-13-33-32-20-17-28(25-41(32)51-42(33)34)27-18-21-39-35(23-27)30-11-4-6-15-37(30)49-39/h1-25,43-48H. The number of para-hydroxylation sites is 3. The molecular weight excluding hydrogens is 631 g/mol. The summed E-state index contributed by atoms with van der Waals surface area (Å²) in [5.41, 5.74) is 10.9. The van der Waals surface area contributed by atoms with Crippen LogP contribution >= 0.6 is 0 Å². The second-order valence-corrected chi connectivity index (χ2v) is 13.4. The van der Waals surface area contributed by atoms with Crippen LogP contribution in [-0.2, 0) is 0 Å². The van der Waals surface area contributed by atoms with E-state index in [-0.39, 0.29) is 18.5 Å². The van der Waals surface area contributed by atoms with E-state index in [2.05, 4.69) is 143 Å². The van der Waals surface area contributed by atoms with E-state index in [1.807, 2.05) is 24.3 Å². The summed E-state index contributed by atoms with van der Waals surface area (Å²) in [5.74, 6) is 0. The van der Waals surface area contributed by atoms with Crippen LogP contribution in [0.1, 0.15) is 35.2 Å². The lowest BCUT2D eigenvalue weighted by Crippen LogP contribution is -2.54. The van der Waals surface area contributed by atoms with Crippen LogP contribution in [0, 0.1) is 0 Å². The Kier molecular flexibility index (Phi) is 6.27. The van der Waals surface area contributed by atoms with Crippen molar-refractivity contribution in [1.29, 1.82) is 0 Å². The Bertz CT molecular complexity index is 2940. The van der Waals surface area contributed by atoms with Crippen molar-refractivity contribution in [2.24, 2.45) is 0 Å². The van der Waals surface area contributed by atoms with E-state index in [0.717, 1.165) is 93.6 Å². The predicted octanol–water partition coefficient (Wildman–Crippen LogP) is 11.2. The molecule has 7 aromatic carbocycles. The first kappa shape index (κ1) is 28.6. The maximum Gasteiger partial charge on any atom is 0.141 e. The molecule has 0 amide bonds. The topological polar surface area (TPSA) is 75.5 Å². The van der Waals surface area contributed by atoms with E-state index in [0.29, 0.717) is 0 Å². The van der Waals surface area contributed by atoms with Gasteiger partial charge in [0.2, 0.25) is 0 Å².